The molecule has 1 aromatic carbocycles. The van der Waals surface area contributed by atoms with Crippen LogP contribution in [-0.2, 0) is 10.0 Å². The number of nitrogens with zero attached hydrogens (tertiary/aromatic N) is 2. The van der Waals surface area contributed by atoms with Gasteiger partial charge in [-0.15, -0.1) is 0 Å². The first-order valence-electron chi connectivity index (χ1n) is 9.08. The highest BCUT2D eigenvalue weighted by molar-refractivity contribution is 7.89. The van der Waals surface area contributed by atoms with Crippen LogP contribution in [0.15, 0.2) is 45.9 Å². The lowest BCUT2D eigenvalue weighted by Crippen LogP contribution is -2.34. The molecule has 0 saturated carbocycles. The second kappa shape index (κ2) is 8.65. The summed E-state index contributed by atoms with van der Waals surface area (Å²) >= 11 is 6.18. The predicted octanol–water partition coefficient (Wildman–Crippen LogP) is 2.75. The van der Waals surface area contributed by atoms with Crippen molar-refractivity contribution in [2.24, 2.45) is 0 Å². The van der Waals surface area contributed by atoms with Gasteiger partial charge in [0.05, 0.1) is 27.8 Å². The highest BCUT2D eigenvalue weighted by atomic mass is 35.5. The van der Waals surface area contributed by atoms with Gasteiger partial charge >= 0.3 is 0 Å². The van der Waals surface area contributed by atoms with E-state index in [1.54, 1.807) is 12.3 Å². The van der Waals surface area contributed by atoms with Crippen molar-refractivity contribution in [3.8, 4) is 0 Å². The third kappa shape index (κ3) is 4.41. The maximum atomic E-state index is 12.8. The van der Waals surface area contributed by atoms with Crippen LogP contribution in [0, 0.1) is 0 Å². The summed E-state index contributed by atoms with van der Waals surface area (Å²) in [6.07, 6.45) is 3.27. The molecule has 3 rings (SSSR count). The Morgan fingerprint density at radius 3 is 2.61 bits per heavy atom. The predicted molar refractivity (Wildman–Crippen MR) is 107 cm³/mol. The van der Waals surface area contributed by atoms with Crippen molar-refractivity contribution in [2.45, 2.75) is 23.8 Å². The van der Waals surface area contributed by atoms with Crippen LogP contribution in [0.5, 0.6) is 0 Å². The van der Waals surface area contributed by atoms with Crippen LogP contribution in [0.25, 0.3) is 0 Å². The summed E-state index contributed by atoms with van der Waals surface area (Å²) in [6.45, 7) is 1.29. The van der Waals surface area contributed by atoms with Crippen molar-refractivity contribution in [3.63, 3.8) is 0 Å². The number of sulfonamides is 1. The zero-order chi connectivity index (χ0) is 20.3. The molecule has 7 nitrogen and oxygen atoms in total. The molecule has 1 saturated heterocycles. The minimum absolute atomic E-state index is 0.0825. The fourth-order valence-corrected chi connectivity index (χ4v) is 4.97. The molecule has 1 aliphatic rings. The molecule has 1 amide bonds. The van der Waals surface area contributed by atoms with E-state index in [9.17, 15) is 13.2 Å². The summed E-state index contributed by atoms with van der Waals surface area (Å²) in [5, 5.41) is 3.03. The molecule has 0 spiro atoms. The Bertz CT molecular complexity index is 923. The molecule has 0 aliphatic carbocycles. The molecule has 1 atom stereocenters. The quantitative estimate of drug-likeness (QED) is 0.737. The maximum absolute atomic E-state index is 12.8. The van der Waals surface area contributed by atoms with E-state index in [0.29, 0.717) is 19.6 Å². The van der Waals surface area contributed by atoms with Gasteiger partial charge in [0.15, 0.2) is 0 Å². The molecule has 28 heavy (non-hydrogen) atoms. The van der Waals surface area contributed by atoms with Crippen LogP contribution < -0.4 is 5.32 Å². The molecule has 1 aliphatic heterocycles. The van der Waals surface area contributed by atoms with Crippen molar-refractivity contribution in [3.05, 3.63) is 52.9 Å². The summed E-state index contributed by atoms with van der Waals surface area (Å²) in [7, 11) is 0.149. The van der Waals surface area contributed by atoms with Crippen LogP contribution in [0.3, 0.4) is 0 Å². The van der Waals surface area contributed by atoms with Crippen LogP contribution >= 0.6 is 11.6 Å². The number of hydrogen-bond acceptors (Lipinski definition) is 5. The van der Waals surface area contributed by atoms with Gasteiger partial charge in [-0.2, -0.15) is 4.31 Å². The van der Waals surface area contributed by atoms with Crippen LogP contribution in [0.4, 0.5) is 0 Å². The standard InChI is InChI=1S/C19H24ClN3O4S/c1-22(2)17(18-6-5-11-27-18)13-21-19(24)15-12-14(7-8-16(15)20)28(25,26)23-9-3-4-10-23/h5-8,11-12,17H,3-4,9-10,13H2,1-2H3,(H,21,24). The number of carbonyl (C=O) groups excluding carboxylic acids is 1. The van der Waals surface area contributed by atoms with E-state index in [2.05, 4.69) is 5.32 Å². The minimum Gasteiger partial charge on any atom is -0.468 e. The Morgan fingerprint density at radius 1 is 1.29 bits per heavy atom. The molecule has 0 bridgehead atoms. The van der Waals surface area contributed by atoms with Gasteiger partial charge in [-0.25, -0.2) is 8.42 Å². The van der Waals surface area contributed by atoms with Crippen molar-refractivity contribution in [1.29, 1.82) is 0 Å². The van der Waals surface area contributed by atoms with Crippen molar-refractivity contribution >= 4 is 27.5 Å². The molecule has 2 aromatic rings. The molecule has 9 heteroatoms. The van der Waals surface area contributed by atoms with Crippen molar-refractivity contribution < 1.29 is 17.6 Å². The van der Waals surface area contributed by atoms with E-state index < -0.39 is 15.9 Å². The molecule has 2 heterocycles. The Hall–Kier alpha value is -1.87. The van der Waals surface area contributed by atoms with Gasteiger partial charge in [0.2, 0.25) is 10.0 Å². The molecular formula is C19H24ClN3O4S. The van der Waals surface area contributed by atoms with Crippen LogP contribution in [-0.4, -0.2) is 57.3 Å². The van der Waals surface area contributed by atoms with Crippen molar-refractivity contribution in [2.75, 3.05) is 33.7 Å². The molecular weight excluding hydrogens is 402 g/mol. The molecule has 0 radical (unpaired) electrons. The van der Waals surface area contributed by atoms with E-state index in [1.165, 1.54) is 22.5 Å². The van der Waals surface area contributed by atoms with Gasteiger partial charge in [0.25, 0.3) is 5.91 Å². The minimum atomic E-state index is -3.62. The Labute approximate surface area is 170 Å². The number of halogens is 1. The average molecular weight is 426 g/mol. The number of furan rings is 1. The Balaban J connectivity index is 1.78. The Kier molecular flexibility index (Phi) is 6.44. The fourth-order valence-electron chi connectivity index (χ4n) is 3.22. The molecule has 1 aromatic heterocycles. The highest BCUT2D eigenvalue weighted by Gasteiger charge is 2.28. The molecule has 152 valence electrons. The third-order valence-electron chi connectivity index (χ3n) is 4.84. The number of likely N-dealkylation sites (N-methyl/N-ethyl adjacent to an activating group) is 1. The smallest absolute Gasteiger partial charge is 0.252 e. The van der Waals surface area contributed by atoms with E-state index in [0.717, 1.165) is 18.6 Å². The lowest BCUT2D eigenvalue weighted by molar-refractivity contribution is 0.0939. The largest absolute Gasteiger partial charge is 0.468 e. The zero-order valence-corrected chi connectivity index (χ0v) is 17.5. The van der Waals surface area contributed by atoms with Gasteiger partial charge in [-0.3, -0.25) is 9.69 Å². The number of benzene rings is 1. The SMILES string of the molecule is CN(C)C(CNC(=O)c1cc(S(=O)(=O)N2CCCC2)ccc1Cl)c1ccco1. The summed E-state index contributed by atoms with van der Waals surface area (Å²) < 4.78 is 32.4. The topological polar surface area (TPSA) is 82.9 Å². The van der Waals surface area contributed by atoms with Gasteiger partial charge in [-0.05, 0) is 57.3 Å². The highest BCUT2D eigenvalue weighted by Crippen LogP contribution is 2.25. The number of amides is 1. The molecule has 1 N–H and O–H groups in total. The average Bonchev–Trinajstić information content (AvgIpc) is 3.36. The van der Waals surface area contributed by atoms with E-state index in [-0.39, 0.29) is 21.5 Å². The first kappa shape index (κ1) is 20.9. The van der Waals surface area contributed by atoms with Gasteiger partial charge in [0.1, 0.15) is 5.76 Å². The van der Waals surface area contributed by atoms with Crippen LogP contribution in [0.2, 0.25) is 5.02 Å². The van der Waals surface area contributed by atoms with E-state index >= 15 is 0 Å². The summed E-state index contributed by atoms with van der Waals surface area (Å²) in [6, 6.07) is 7.72. The first-order chi connectivity index (χ1) is 13.3. The van der Waals surface area contributed by atoms with Gasteiger partial charge in [0, 0.05) is 19.6 Å². The second-order valence-corrected chi connectivity index (χ2v) is 9.30. The lowest BCUT2D eigenvalue weighted by atomic mass is 10.1. The number of rotatable bonds is 7. The normalized spacial score (nSPS) is 16.4. The van der Waals surface area contributed by atoms with Crippen LogP contribution in [0.1, 0.15) is 35.0 Å². The van der Waals surface area contributed by atoms with Gasteiger partial charge < -0.3 is 9.73 Å². The maximum Gasteiger partial charge on any atom is 0.252 e. The molecule has 1 fully saturated rings. The van der Waals surface area contributed by atoms with Gasteiger partial charge in [-0.1, -0.05) is 11.6 Å². The van der Waals surface area contributed by atoms with E-state index in [4.69, 9.17) is 16.0 Å². The zero-order valence-electron chi connectivity index (χ0n) is 15.9. The monoisotopic (exact) mass is 425 g/mol. The summed E-state index contributed by atoms with van der Waals surface area (Å²) in [4.78, 5) is 14.7. The lowest BCUT2D eigenvalue weighted by Gasteiger charge is -2.22. The van der Waals surface area contributed by atoms with Crippen molar-refractivity contribution in [1.82, 2.24) is 14.5 Å². The number of nitrogens with one attached hydrogen (secondary N) is 1. The summed E-state index contributed by atoms with van der Waals surface area (Å²) in [5.74, 6) is 0.295. The summed E-state index contributed by atoms with van der Waals surface area (Å²) in [5.41, 5.74) is 0.138. The Morgan fingerprint density at radius 2 is 2.00 bits per heavy atom. The fraction of sp³-hybridized carbons (Fsp3) is 0.421. The number of carbonyl (C=O) groups is 1. The van der Waals surface area contributed by atoms with E-state index in [1.807, 2.05) is 25.1 Å². The first-order valence-corrected chi connectivity index (χ1v) is 10.9. The molecule has 1 unspecified atom stereocenters. The second-order valence-electron chi connectivity index (χ2n) is 6.96. The number of hydrogen-bond donors (Lipinski definition) is 1. The third-order valence-corrected chi connectivity index (χ3v) is 7.06.